The van der Waals surface area contributed by atoms with E-state index in [1.54, 1.807) is 18.2 Å². The van der Waals surface area contributed by atoms with Gasteiger partial charge in [-0.15, -0.1) is 0 Å². The number of likely N-dealkylation sites (tertiary alicyclic amines) is 1. The van der Waals surface area contributed by atoms with Crippen LogP contribution < -0.4 is 0 Å². The van der Waals surface area contributed by atoms with Crippen LogP contribution in [0.2, 0.25) is 0 Å². The molecule has 0 spiro atoms. The van der Waals surface area contributed by atoms with Gasteiger partial charge in [0.2, 0.25) is 0 Å². The van der Waals surface area contributed by atoms with Gasteiger partial charge in [0.25, 0.3) is 5.91 Å². The van der Waals surface area contributed by atoms with Crippen LogP contribution in [0.25, 0.3) is 0 Å². The lowest BCUT2D eigenvalue weighted by molar-refractivity contribution is 0.0662. The molecule has 0 atom stereocenters. The summed E-state index contributed by atoms with van der Waals surface area (Å²) in [5.74, 6) is 0.287. The van der Waals surface area contributed by atoms with E-state index in [4.69, 9.17) is 0 Å². The number of piperidine rings is 1. The summed E-state index contributed by atoms with van der Waals surface area (Å²) in [6.07, 6.45) is 2.05. The normalized spacial score (nSPS) is 16.9. The van der Waals surface area contributed by atoms with Crippen LogP contribution in [0.4, 0.5) is 0 Å². The summed E-state index contributed by atoms with van der Waals surface area (Å²) in [6.45, 7) is 3.48. The zero-order chi connectivity index (χ0) is 14.0. The van der Waals surface area contributed by atoms with Crippen LogP contribution in [0.1, 0.15) is 28.8 Å². The van der Waals surface area contributed by atoms with Crippen molar-refractivity contribution in [3.05, 3.63) is 29.3 Å². The van der Waals surface area contributed by atoms with E-state index in [0.717, 1.165) is 31.5 Å². The maximum Gasteiger partial charge on any atom is 0.254 e. The Morgan fingerprint density at radius 3 is 2.47 bits per heavy atom. The van der Waals surface area contributed by atoms with Crippen molar-refractivity contribution in [1.82, 2.24) is 9.80 Å². The summed E-state index contributed by atoms with van der Waals surface area (Å²) < 4.78 is 0. The predicted molar refractivity (Wildman–Crippen MR) is 75.5 cm³/mol. The van der Waals surface area contributed by atoms with Crippen LogP contribution in [-0.2, 0) is 0 Å². The first-order valence-corrected chi connectivity index (χ1v) is 6.74. The van der Waals surface area contributed by atoms with Crippen molar-refractivity contribution in [2.75, 3.05) is 27.2 Å². The molecule has 0 saturated carbocycles. The smallest absolute Gasteiger partial charge is 0.254 e. The zero-order valence-corrected chi connectivity index (χ0v) is 11.9. The number of carbonyl (C=O) groups excluding carboxylic acids is 1. The van der Waals surface area contributed by atoms with Crippen molar-refractivity contribution in [3.8, 4) is 5.75 Å². The van der Waals surface area contributed by atoms with E-state index in [-0.39, 0.29) is 11.7 Å². The quantitative estimate of drug-likeness (QED) is 0.885. The number of phenols is 1. The minimum Gasteiger partial charge on any atom is -0.508 e. The minimum atomic E-state index is 0.0784. The molecule has 1 saturated heterocycles. The first-order valence-electron chi connectivity index (χ1n) is 6.74. The third kappa shape index (κ3) is 3.07. The maximum atomic E-state index is 12.4. The van der Waals surface area contributed by atoms with Crippen LogP contribution in [0.15, 0.2) is 18.2 Å². The Bertz CT molecular complexity index is 463. The molecule has 1 amide bonds. The minimum absolute atomic E-state index is 0.0784. The number of amides is 1. The van der Waals surface area contributed by atoms with E-state index in [0.29, 0.717) is 11.6 Å². The van der Waals surface area contributed by atoms with Gasteiger partial charge < -0.3 is 14.9 Å². The second-order valence-corrected chi connectivity index (χ2v) is 5.49. The SMILES string of the molecule is Cc1cc(O)ccc1C(=O)N1CCC(N(C)C)CC1. The fraction of sp³-hybridized carbons (Fsp3) is 0.533. The highest BCUT2D eigenvalue weighted by Crippen LogP contribution is 2.20. The van der Waals surface area contributed by atoms with E-state index in [1.165, 1.54) is 0 Å². The standard InChI is InChI=1S/C15H22N2O2/c1-11-10-13(18)4-5-14(11)15(19)17-8-6-12(7-9-17)16(2)3/h4-5,10,12,18H,6-9H2,1-3H3. The van der Waals surface area contributed by atoms with E-state index < -0.39 is 0 Å². The van der Waals surface area contributed by atoms with Crippen LogP contribution in [0, 0.1) is 6.92 Å². The number of aromatic hydroxyl groups is 1. The fourth-order valence-corrected chi connectivity index (χ4v) is 2.64. The van der Waals surface area contributed by atoms with Crippen molar-refractivity contribution in [2.45, 2.75) is 25.8 Å². The Hall–Kier alpha value is -1.55. The van der Waals surface area contributed by atoms with Gasteiger partial charge in [-0.25, -0.2) is 0 Å². The lowest BCUT2D eigenvalue weighted by Crippen LogP contribution is -2.44. The molecular formula is C15H22N2O2. The number of phenolic OH excluding ortho intramolecular Hbond substituents is 1. The molecule has 1 N–H and O–H groups in total. The van der Waals surface area contributed by atoms with Crippen LogP contribution >= 0.6 is 0 Å². The fourth-order valence-electron chi connectivity index (χ4n) is 2.64. The number of nitrogens with zero attached hydrogens (tertiary/aromatic N) is 2. The monoisotopic (exact) mass is 262 g/mol. The summed E-state index contributed by atoms with van der Waals surface area (Å²) in [5, 5.41) is 9.39. The first-order chi connectivity index (χ1) is 8.99. The Kier molecular flexibility index (Phi) is 4.10. The van der Waals surface area contributed by atoms with Crippen LogP contribution in [0.5, 0.6) is 5.75 Å². The molecule has 0 aliphatic carbocycles. The maximum absolute atomic E-state index is 12.4. The van der Waals surface area contributed by atoms with Crippen molar-refractivity contribution in [2.24, 2.45) is 0 Å². The van der Waals surface area contributed by atoms with Crippen LogP contribution in [0.3, 0.4) is 0 Å². The number of benzene rings is 1. The molecule has 1 fully saturated rings. The van der Waals surface area contributed by atoms with E-state index in [1.807, 2.05) is 11.8 Å². The number of hydrogen-bond acceptors (Lipinski definition) is 3. The van der Waals surface area contributed by atoms with E-state index in [2.05, 4.69) is 19.0 Å². The summed E-state index contributed by atoms with van der Waals surface area (Å²) in [4.78, 5) is 16.6. The predicted octanol–water partition coefficient (Wildman–Crippen LogP) is 1.87. The number of aryl methyl sites for hydroxylation is 1. The van der Waals surface area contributed by atoms with Gasteiger partial charge in [-0.05, 0) is 57.6 Å². The average Bonchev–Trinajstić information content (AvgIpc) is 2.38. The Labute approximate surface area is 114 Å². The van der Waals surface area contributed by atoms with E-state index in [9.17, 15) is 9.90 Å². The Morgan fingerprint density at radius 1 is 1.32 bits per heavy atom. The van der Waals surface area contributed by atoms with Gasteiger partial charge in [-0.2, -0.15) is 0 Å². The summed E-state index contributed by atoms with van der Waals surface area (Å²) in [7, 11) is 4.18. The summed E-state index contributed by atoms with van der Waals surface area (Å²) in [6, 6.07) is 5.50. The van der Waals surface area contributed by atoms with Crippen molar-refractivity contribution in [1.29, 1.82) is 0 Å². The Balaban J connectivity index is 2.05. The molecule has 4 heteroatoms. The zero-order valence-electron chi connectivity index (χ0n) is 11.9. The molecule has 1 heterocycles. The lowest BCUT2D eigenvalue weighted by atomic mass is 10.0. The second-order valence-electron chi connectivity index (χ2n) is 5.49. The molecule has 19 heavy (non-hydrogen) atoms. The molecule has 104 valence electrons. The summed E-state index contributed by atoms with van der Waals surface area (Å²) >= 11 is 0. The molecule has 0 unspecified atom stereocenters. The summed E-state index contributed by atoms with van der Waals surface area (Å²) in [5.41, 5.74) is 1.53. The van der Waals surface area contributed by atoms with Gasteiger partial charge >= 0.3 is 0 Å². The van der Waals surface area contributed by atoms with Crippen LogP contribution in [-0.4, -0.2) is 54.0 Å². The third-order valence-corrected chi connectivity index (χ3v) is 3.92. The molecule has 2 rings (SSSR count). The highest BCUT2D eigenvalue weighted by atomic mass is 16.3. The molecule has 4 nitrogen and oxygen atoms in total. The van der Waals surface area contributed by atoms with Crippen molar-refractivity contribution in [3.63, 3.8) is 0 Å². The third-order valence-electron chi connectivity index (χ3n) is 3.92. The van der Waals surface area contributed by atoms with Gasteiger partial charge in [-0.1, -0.05) is 0 Å². The molecular weight excluding hydrogens is 240 g/mol. The Morgan fingerprint density at radius 2 is 1.95 bits per heavy atom. The number of rotatable bonds is 2. The molecule has 0 bridgehead atoms. The highest BCUT2D eigenvalue weighted by molar-refractivity contribution is 5.95. The van der Waals surface area contributed by atoms with Gasteiger partial charge in [-0.3, -0.25) is 4.79 Å². The molecule has 0 radical (unpaired) electrons. The van der Waals surface area contributed by atoms with E-state index >= 15 is 0 Å². The van der Waals surface area contributed by atoms with Gasteiger partial charge in [0.15, 0.2) is 0 Å². The molecule has 1 aromatic rings. The van der Waals surface area contributed by atoms with Gasteiger partial charge in [0.05, 0.1) is 0 Å². The first kappa shape index (κ1) is 13.9. The lowest BCUT2D eigenvalue weighted by Gasteiger charge is -2.35. The molecule has 1 aromatic carbocycles. The molecule has 1 aliphatic rings. The largest absolute Gasteiger partial charge is 0.508 e. The highest BCUT2D eigenvalue weighted by Gasteiger charge is 2.25. The van der Waals surface area contributed by atoms with Gasteiger partial charge in [0.1, 0.15) is 5.75 Å². The van der Waals surface area contributed by atoms with Gasteiger partial charge in [0, 0.05) is 24.7 Å². The topological polar surface area (TPSA) is 43.8 Å². The number of carbonyl (C=O) groups is 1. The van der Waals surface area contributed by atoms with Crippen molar-refractivity contribution < 1.29 is 9.90 Å². The molecule has 0 aromatic heterocycles. The average molecular weight is 262 g/mol. The number of hydrogen-bond donors (Lipinski definition) is 1. The second kappa shape index (κ2) is 5.61. The molecule has 1 aliphatic heterocycles. The van der Waals surface area contributed by atoms with Crippen molar-refractivity contribution >= 4 is 5.91 Å².